The second-order valence-electron chi connectivity index (χ2n) is 6.00. The number of rotatable bonds is 9. The monoisotopic (exact) mass is 352 g/mol. The first-order valence-electron chi connectivity index (χ1n) is 9.07. The lowest BCUT2D eigenvalue weighted by Gasteiger charge is -2.11. The third-order valence-electron chi connectivity index (χ3n) is 3.55. The lowest BCUT2D eigenvalue weighted by Crippen LogP contribution is -1.98. The van der Waals surface area contributed by atoms with E-state index in [0.717, 1.165) is 25.7 Å². The SMILES string of the molecule is CCC.CCCCCCC(=O)/C=C(\C)c1cc(OC)c(OC)cc1F. The van der Waals surface area contributed by atoms with Crippen LogP contribution in [0.2, 0.25) is 0 Å². The van der Waals surface area contributed by atoms with Crippen LogP contribution < -0.4 is 9.47 Å². The van der Waals surface area contributed by atoms with E-state index in [0.29, 0.717) is 29.1 Å². The van der Waals surface area contributed by atoms with Gasteiger partial charge in [0.15, 0.2) is 17.3 Å². The van der Waals surface area contributed by atoms with Gasteiger partial charge in [-0.1, -0.05) is 46.5 Å². The lowest BCUT2D eigenvalue weighted by atomic mass is 10.0. The zero-order valence-corrected chi connectivity index (χ0v) is 16.6. The second-order valence-corrected chi connectivity index (χ2v) is 6.00. The van der Waals surface area contributed by atoms with Crippen molar-refractivity contribution in [1.29, 1.82) is 0 Å². The molecule has 0 bridgehead atoms. The van der Waals surface area contributed by atoms with Crippen molar-refractivity contribution in [2.75, 3.05) is 14.2 Å². The maximum Gasteiger partial charge on any atom is 0.163 e. The number of halogens is 1. The number of unbranched alkanes of at least 4 members (excludes halogenated alkanes) is 3. The van der Waals surface area contributed by atoms with Crippen molar-refractivity contribution in [3.63, 3.8) is 0 Å². The van der Waals surface area contributed by atoms with E-state index in [1.807, 2.05) is 0 Å². The Morgan fingerprint density at radius 3 is 2.12 bits per heavy atom. The third-order valence-corrected chi connectivity index (χ3v) is 3.55. The quantitative estimate of drug-likeness (QED) is 0.392. The fourth-order valence-electron chi connectivity index (χ4n) is 2.27. The molecule has 1 rings (SSSR count). The van der Waals surface area contributed by atoms with Crippen LogP contribution in [0.15, 0.2) is 18.2 Å². The average molecular weight is 352 g/mol. The van der Waals surface area contributed by atoms with Gasteiger partial charge in [0.1, 0.15) is 5.82 Å². The molecule has 1 aromatic carbocycles. The smallest absolute Gasteiger partial charge is 0.163 e. The van der Waals surface area contributed by atoms with Crippen LogP contribution in [0.25, 0.3) is 5.57 Å². The van der Waals surface area contributed by atoms with E-state index in [4.69, 9.17) is 9.47 Å². The van der Waals surface area contributed by atoms with Crippen LogP contribution in [0.3, 0.4) is 0 Å². The molecule has 0 saturated heterocycles. The van der Waals surface area contributed by atoms with Crippen molar-refractivity contribution in [1.82, 2.24) is 0 Å². The minimum atomic E-state index is -0.426. The van der Waals surface area contributed by atoms with E-state index in [9.17, 15) is 9.18 Å². The van der Waals surface area contributed by atoms with Crippen LogP contribution in [-0.2, 0) is 4.79 Å². The molecule has 142 valence electrons. The molecule has 0 heterocycles. The summed E-state index contributed by atoms with van der Waals surface area (Å²) in [5.41, 5.74) is 0.957. The maximum absolute atomic E-state index is 14.1. The summed E-state index contributed by atoms with van der Waals surface area (Å²) in [5.74, 6) is 0.387. The molecule has 0 spiro atoms. The summed E-state index contributed by atoms with van der Waals surface area (Å²) >= 11 is 0. The number of carbonyl (C=O) groups is 1. The van der Waals surface area contributed by atoms with E-state index < -0.39 is 5.82 Å². The first kappa shape index (κ1) is 23.2. The van der Waals surface area contributed by atoms with Crippen molar-refractivity contribution in [2.24, 2.45) is 0 Å². The van der Waals surface area contributed by atoms with Gasteiger partial charge < -0.3 is 9.47 Å². The van der Waals surface area contributed by atoms with Crippen LogP contribution in [0.1, 0.15) is 71.8 Å². The zero-order chi connectivity index (χ0) is 19.2. The van der Waals surface area contributed by atoms with Crippen LogP contribution in [0.4, 0.5) is 4.39 Å². The Morgan fingerprint density at radius 1 is 1.04 bits per heavy atom. The van der Waals surface area contributed by atoms with Crippen LogP contribution >= 0.6 is 0 Å². The van der Waals surface area contributed by atoms with E-state index in [1.165, 1.54) is 32.8 Å². The van der Waals surface area contributed by atoms with E-state index in [1.54, 1.807) is 13.0 Å². The molecule has 0 fully saturated rings. The number of carbonyl (C=O) groups excluding carboxylic acids is 1. The topological polar surface area (TPSA) is 35.5 Å². The summed E-state index contributed by atoms with van der Waals surface area (Å²) in [6.45, 7) is 8.11. The molecule has 0 aliphatic heterocycles. The molecule has 0 aromatic heterocycles. The summed E-state index contributed by atoms with van der Waals surface area (Å²) in [6.07, 6.45) is 7.48. The first-order chi connectivity index (χ1) is 11.9. The first-order valence-corrected chi connectivity index (χ1v) is 9.07. The summed E-state index contributed by atoms with van der Waals surface area (Å²) < 4.78 is 24.4. The minimum Gasteiger partial charge on any atom is -0.493 e. The molecule has 0 aliphatic carbocycles. The number of methoxy groups -OCH3 is 2. The molecule has 0 aliphatic rings. The van der Waals surface area contributed by atoms with Crippen molar-refractivity contribution in [2.45, 2.75) is 66.2 Å². The standard InChI is InChI=1S/C18H25FO3.C3H8/c1-5-6-7-8-9-14(20)10-13(2)15-11-17(21-3)18(22-4)12-16(15)19;1-3-2/h10-12H,5-9H2,1-4H3;3H2,1-2H3/b13-10+;. The summed E-state index contributed by atoms with van der Waals surface area (Å²) in [5, 5.41) is 0. The Hall–Kier alpha value is -1.84. The Bertz CT molecular complexity index is 550. The number of benzene rings is 1. The van der Waals surface area contributed by atoms with Crippen molar-refractivity contribution in [3.8, 4) is 11.5 Å². The fourth-order valence-corrected chi connectivity index (χ4v) is 2.27. The summed E-state index contributed by atoms with van der Waals surface area (Å²) in [4.78, 5) is 11.9. The predicted octanol–water partition coefficient (Wildman–Crippen LogP) is 6.20. The van der Waals surface area contributed by atoms with Gasteiger partial charge in [0.05, 0.1) is 14.2 Å². The average Bonchev–Trinajstić information content (AvgIpc) is 2.59. The Kier molecular flexibility index (Phi) is 12.5. The Balaban J connectivity index is 0.00000178. The van der Waals surface area contributed by atoms with Gasteiger partial charge in [-0.2, -0.15) is 0 Å². The van der Waals surface area contributed by atoms with Gasteiger partial charge in [-0.05, 0) is 31.1 Å². The molecule has 0 unspecified atom stereocenters. The molecular weight excluding hydrogens is 319 g/mol. The molecule has 25 heavy (non-hydrogen) atoms. The van der Waals surface area contributed by atoms with E-state index in [-0.39, 0.29) is 5.78 Å². The molecular formula is C21H33FO3. The van der Waals surface area contributed by atoms with Crippen molar-refractivity contribution in [3.05, 3.63) is 29.6 Å². The van der Waals surface area contributed by atoms with Gasteiger partial charge in [0.2, 0.25) is 0 Å². The van der Waals surface area contributed by atoms with Gasteiger partial charge in [-0.15, -0.1) is 0 Å². The summed E-state index contributed by atoms with van der Waals surface area (Å²) in [7, 11) is 2.96. The lowest BCUT2D eigenvalue weighted by molar-refractivity contribution is -0.114. The van der Waals surface area contributed by atoms with Gasteiger partial charge in [-0.3, -0.25) is 4.79 Å². The highest BCUT2D eigenvalue weighted by molar-refractivity contribution is 5.96. The van der Waals surface area contributed by atoms with Gasteiger partial charge in [0, 0.05) is 18.1 Å². The van der Waals surface area contributed by atoms with Gasteiger partial charge in [-0.25, -0.2) is 4.39 Å². The number of hydrogen-bond acceptors (Lipinski definition) is 3. The molecule has 0 amide bonds. The Morgan fingerprint density at radius 2 is 1.60 bits per heavy atom. The predicted molar refractivity (Wildman–Crippen MR) is 103 cm³/mol. The highest BCUT2D eigenvalue weighted by Gasteiger charge is 2.13. The maximum atomic E-state index is 14.1. The van der Waals surface area contributed by atoms with Crippen molar-refractivity contribution < 1.29 is 18.7 Å². The molecule has 0 saturated carbocycles. The van der Waals surface area contributed by atoms with E-state index in [2.05, 4.69) is 20.8 Å². The van der Waals surface area contributed by atoms with Crippen molar-refractivity contribution >= 4 is 11.4 Å². The number of ketones is 1. The molecule has 0 radical (unpaired) electrons. The Labute approximate surface area is 152 Å². The van der Waals surface area contributed by atoms with Crippen LogP contribution in [0, 0.1) is 5.82 Å². The fraction of sp³-hybridized carbons (Fsp3) is 0.571. The number of allylic oxidation sites excluding steroid dienone is 2. The van der Waals surface area contributed by atoms with Gasteiger partial charge >= 0.3 is 0 Å². The summed E-state index contributed by atoms with van der Waals surface area (Å²) in [6, 6.07) is 2.83. The van der Waals surface area contributed by atoms with Crippen LogP contribution in [0.5, 0.6) is 11.5 Å². The van der Waals surface area contributed by atoms with Crippen LogP contribution in [-0.4, -0.2) is 20.0 Å². The normalized spacial score (nSPS) is 10.8. The largest absolute Gasteiger partial charge is 0.493 e. The minimum absolute atomic E-state index is 0.0304. The third kappa shape index (κ3) is 8.71. The van der Waals surface area contributed by atoms with E-state index >= 15 is 0 Å². The second kappa shape index (κ2) is 13.5. The zero-order valence-electron chi connectivity index (χ0n) is 16.6. The van der Waals surface area contributed by atoms with Gasteiger partial charge in [0.25, 0.3) is 0 Å². The number of ether oxygens (including phenoxy) is 2. The molecule has 0 N–H and O–H groups in total. The number of hydrogen-bond donors (Lipinski definition) is 0. The highest BCUT2D eigenvalue weighted by Crippen LogP contribution is 2.32. The highest BCUT2D eigenvalue weighted by atomic mass is 19.1. The molecule has 4 heteroatoms. The molecule has 1 aromatic rings. The molecule has 3 nitrogen and oxygen atoms in total. The molecule has 0 atom stereocenters.